The molecule has 1 atom stereocenters. The zero-order chi connectivity index (χ0) is 32.5. The van der Waals surface area contributed by atoms with Crippen molar-refractivity contribution in [3.05, 3.63) is 130 Å². The minimum absolute atomic E-state index is 0.338. The van der Waals surface area contributed by atoms with Crippen molar-refractivity contribution in [2.24, 2.45) is 0 Å². The molecule has 13 heteroatoms. The number of nitriles is 1. The molecule has 0 radical (unpaired) electrons. The van der Waals surface area contributed by atoms with Gasteiger partial charge in [-0.1, -0.05) is 36.4 Å². The van der Waals surface area contributed by atoms with E-state index < -0.39 is 40.0 Å². The normalized spacial score (nSPS) is 15.3. The number of H-pyrrole nitrogens is 1. The van der Waals surface area contributed by atoms with E-state index in [1.807, 2.05) is 53.6 Å². The van der Waals surface area contributed by atoms with E-state index in [0.29, 0.717) is 21.9 Å². The molecule has 1 N–H and O–H groups in total. The predicted molar refractivity (Wildman–Crippen MR) is 162 cm³/mol. The molecule has 0 aliphatic carbocycles. The molecule has 1 saturated heterocycles. The molecule has 3 aromatic carbocycles. The van der Waals surface area contributed by atoms with Gasteiger partial charge in [-0.25, -0.2) is 18.7 Å². The van der Waals surface area contributed by atoms with Crippen LogP contribution in [0.3, 0.4) is 0 Å². The number of nitrogens with zero attached hydrogens (tertiary/aromatic N) is 7. The highest BCUT2D eigenvalue weighted by Gasteiger charge is 2.58. The summed E-state index contributed by atoms with van der Waals surface area (Å²) >= 11 is 0. The highest BCUT2D eigenvalue weighted by Crippen LogP contribution is 2.47. The van der Waals surface area contributed by atoms with Gasteiger partial charge in [0.1, 0.15) is 17.3 Å². The lowest BCUT2D eigenvalue weighted by Crippen LogP contribution is -2.52. The zero-order valence-corrected chi connectivity index (χ0v) is 24.7. The monoisotopic (exact) mass is 628 g/mol. The fourth-order valence-electron chi connectivity index (χ4n) is 5.76. The molecule has 1 aliphatic heterocycles. The maximum atomic E-state index is 16.3. The molecule has 9 nitrogen and oxygen atoms in total. The second-order valence-corrected chi connectivity index (χ2v) is 11.2. The van der Waals surface area contributed by atoms with Crippen molar-refractivity contribution in [3.8, 4) is 17.2 Å². The summed E-state index contributed by atoms with van der Waals surface area (Å²) in [6, 6.07) is 22.2. The first-order chi connectivity index (χ1) is 22.1. The number of nitrogens with one attached hydrogen (secondary N) is 1. The van der Waals surface area contributed by atoms with Gasteiger partial charge in [0.25, 0.3) is 0 Å². The Morgan fingerprint density at radius 1 is 0.913 bits per heavy atom. The molecule has 0 saturated carbocycles. The topological polar surface area (TPSA) is 107 Å². The van der Waals surface area contributed by atoms with Crippen LogP contribution in [-0.2, 0) is 18.0 Å². The average Bonchev–Trinajstić information content (AvgIpc) is 3.51. The number of rotatable bonds is 8. The maximum absolute atomic E-state index is 16.3. The molecule has 0 bridgehead atoms. The number of alkyl halides is 2. The van der Waals surface area contributed by atoms with E-state index in [4.69, 9.17) is 5.26 Å². The van der Waals surface area contributed by atoms with Crippen LogP contribution in [0.1, 0.15) is 29.3 Å². The molecule has 1 aliphatic rings. The summed E-state index contributed by atoms with van der Waals surface area (Å²) in [5.41, 5.74) is -1.07. The Labute approximate surface area is 261 Å². The first-order valence-electron chi connectivity index (χ1n) is 14.5. The first-order valence-corrected chi connectivity index (χ1v) is 14.5. The second-order valence-electron chi connectivity index (χ2n) is 11.2. The largest absolute Gasteiger partial charge is 0.369 e. The fourth-order valence-corrected chi connectivity index (χ4v) is 5.76. The predicted octanol–water partition coefficient (Wildman–Crippen LogP) is 5.06. The molecule has 0 unspecified atom stereocenters. The van der Waals surface area contributed by atoms with Gasteiger partial charge in [-0.2, -0.15) is 18.7 Å². The Kier molecular flexibility index (Phi) is 8.14. The molecule has 2 aromatic heterocycles. The number of piperazine rings is 1. The lowest BCUT2D eigenvalue weighted by atomic mass is 9.83. The van der Waals surface area contributed by atoms with Crippen LogP contribution < -0.4 is 10.6 Å². The van der Waals surface area contributed by atoms with E-state index in [1.54, 1.807) is 0 Å². The number of tetrazole rings is 1. The number of hydrogen-bond donors (Lipinski definition) is 1. The van der Waals surface area contributed by atoms with Crippen LogP contribution in [0.2, 0.25) is 0 Å². The number of anilines is 1. The lowest BCUT2D eigenvalue weighted by molar-refractivity contribution is -0.104. The standard InChI is InChI=1S/C33H28F4N8O/c1-32(45-31(46)40-41-42-45,28-12-9-26(34)18-29(28)35)33(36,37)30-13-8-25(20-39-30)24-6-10-27(11-7-24)44-16-14-43(15-17-44)21-23-4-2-22(19-38)3-5-23/h2-13,18,20H,14-17,21H2,1H3,(H,40,42,46)/t32-/m1/s1. The molecule has 6 rings (SSSR count). The van der Waals surface area contributed by atoms with E-state index in [2.05, 4.69) is 31.3 Å². The number of hydrogen-bond acceptors (Lipinski definition) is 7. The van der Waals surface area contributed by atoms with Crippen LogP contribution >= 0.6 is 0 Å². The van der Waals surface area contributed by atoms with E-state index in [-0.39, 0.29) is 0 Å². The number of aromatic amines is 1. The highest BCUT2D eigenvalue weighted by atomic mass is 19.3. The molecular weight excluding hydrogens is 600 g/mol. The van der Waals surface area contributed by atoms with Gasteiger partial charge in [0, 0.05) is 61.8 Å². The van der Waals surface area contributed by atoms with Crippen molar-refractivity contribution < 1.29 is 17.6 Å². The van der Waals surface area contributed by atoms with Gasteiger partial charge in [-0.15, -0.1) is 0 Å². The SMILES string of the molecule is C[C@](c1ccc(F)cc1F)(n1nn[nH]c1=O)C(F)(F)c1ccc(-c2ccc(N3CCN(Cc4ccc(C#N)cc4)CC3)cc2)cn1. The minimum Gasteiger partial charge on any atom is -0.369 e. The molecule has 0 amide bonds. The van der Waals surface area contributed by atoms with Gasteiger partial charge in [0.2, 0.25) is 0 Å². The van der Waals surface area contributed by atoms with Crippen LogP contribution in [0.25, 0.3) is 11.1 Å². The van der Waals surface area contributed by atoms with Gasteiger partial charge in [0.05, 0.1) is 11.6 Å². The Morgan fingerprint density at radius 3 is 2.20 bits per heavy atom. The van der Waals surface area contributed by atoms with Gasteiger partial charge in [-0.3, -0.25) is 9.88 Å². The molecule has 1 fully saturated rings. The molecule has 234 valence electrons. The number of halogens is 4. The summed E-state index contributed by atoms with van der Waals surface area (Å²) in [6.45, 7) is 5.17. The summed E-state index contributed by atoms with van der Waals surface area (Å²) < 4.78 is 61.5. The summed E-state index contributed by atoms with van der Waals surface area (Å²) in [6.07, 6.45) is 1.28. The smallest absolute Gasteiger partial charge is 0.362 e. The van der Waals surface area contributed by atoms with E-state index in [9.17, 15) is 13.6 Å². The van der Waals surface area contributed by atoms with Gasteiger partial charge >= 0.3 is 11.6 Å². The van der Waals surface area contributed by atoms with E-state index in [0.717, 1.165) is 74.7 Å². The number of benzene rings is 3. The second kappa shape index (κ2) is 12.2. The van der Waals surface area contributed by atoms with E-state index in [1.165, 1.54) is 12.3 Å². The van der Waals surface area contributed by atoms with Crippen molar-refractivity contribution in [1.82, 2.24) is 30.1 Å². The van der Waals surface area contributed by atoms with Crippen LogP contribution in [0, 0.1) is 23.0 Å². The van der Waals surface area contributed by atoms with Gasteiger partial charge in [-0.05, 0) is 64.9 Å². The Morgan fingerprint density at radius 2 is 1.61 bits per heavy atom. The van der Waals surface area contributed by atoms with E-state index >= 15 is 8.78 Å². The lowest BCUT2D eigenvalue weighted by Gasteiger charge is -2.36. The molecule has 5 aromatic rings. The fraction of sp³-hybridized carbons (Fsp3) is 0.242. The molecule has 0 spiro atoms. The zero-order valence-electron chi connectivity index (χ0n) is 24.7. The summed E-state index contributed by atoms with van der Waals surface area (Å²) in [7, 11) is 0. The van der Waals surface area contributed by atoms with Crippen molar-refractivity contribution >= 4 is 5.69 Å². The quantitative estimate of drug-likeness (QED) is 0.240. The Hall–Kier alpha value is -5.35. The van der Waals surface area contributed by atoms with Gasteiger partial charge < -0.3 is 4.90 Å². The van der Waals surface area contributed by atoms with Crippen molar-refractivity contribution in [2.45, 2.75) is 24.9 Å². The minimum atomic E-state index is -3.99. The highest BCUT2D eigenvalue weighted by molar-refractivity contribution is 5.66. The van der Waals surface area contributed by atoms with Crippen molar-refractivity contribution in [2.75, 3.05) is 31.1 Å². The Balaban J connectivity index is 1.17. The van der Waals surface area contributed by atoms with Crippen LogP contribution in [0.15, 0.2) is 89.9 Å². The summed E-state index contributed by atoms with van der Waals surface area (Å²) in [5, 5.41) is 17.7. The van der Waals surface area contributed by atoms with Crippen LogP contribution in [-0.4, -0.2) is 56.3 Å². The number of pyridine rings is 1. The summed E-state index contributed by atoms with van der Waals surface area (Å²) in [5.74, 6) is -6.23. The van der Waals surface area contributed by atoms with Crippen molar-refractivity contribution in [1.29, 1.82) is 5.26 Å². The van der Waals surface area contributed by atoms with Gasteiger partial charge in [0.15, 0.2) is 5.54 Å². The number of aromatic nitrogens is 5. The molecule has 46 heavy (non-hydrogen) atoms. The van der Waals surface area contributed by atoms with Crippen molar-refractivity contribution in [3.63, 3.8) is 0 Å². The Bertz CT molecular complexity index is 1930. The third-order valence-electron chi connectivity index (χ3n) is 8.48. The van der Waals surface area contributed by atoms with Crippen LogP contribution in [0.4, 0.5) is 23.2 Å². The first kappa shape index (κ1) is 30.7. The molecule has 3 heterocycles. The maximum Gasteiger partial charge on any atom is 0.362 e. The molecular formula is C33H28F4N8O. The third kappa shape index (κ3) is 5.63. The van der Waals surface area contributed by atoms with Crippen LogP contribution in [0.5, 0.6) is 0 Å². The third-order valence-corrected chi connectivity index (χ3v) is 8.48. The average molecular weight is 629 g/mol. The summed E-state index contributed by atoms with van der Waals surface area (Å²) in [4.78, 5) is 21.1.